The Morgan fingerprint density at radius 3 is 2.63 bits per heavy atom. The Labute approximate surface area is 266 Å². The van der Waals surface area contributed by atoms with Gasteiger partial charge in [0, 0.05) is 69.6 Å². The molecule has 1 aliphatic carbocycles. The molecule has 5 heterocycles. The van der Waals surface area contributed by atoms with E-state index in [1.165, 1.54) is 22.7 Å². The van der Waals surface area contributed by atoms with Crippen LogP contribution in [0, 0.1) is 0 Å². The average molecular weight is 624 g/mol. The number of aromatic nitrogens is 4. The van der Waals surface area contributed by atoms with E-state index < -0.39 is 5.97 Å². The third-order valence-electron chi connectivity index (χ3n) is 9.28. The number of nitrogens with zero attached hydrogens (tertiary/aromatic N) is 6. The van der Waals surface area contributed by atoms with Gasteiger partial charge in [-0.05, 0) is 55.0 Å². The standard InChI is InChI=1S/C34H37N7O5/c1-21(42)38-11-14-41-25(19-38)17-32(36-41)35-28-15-24(18-37(3)33(28)44)26-8-6-10-30(27(26)20-46-22(2)43)40-13-12-39-29-9-5-4-7-23(29)16-31(39)34(40)45/h6,8,10,15-18H,4-5,7,9,11-14,19-20H2,1-3H3,(H,35,36). The molecule has 0 fully saturated rings. The number of anilines is 3. The minimum atomic E-state index is -0.429. The van der Waals surface area contributed by atoms with Crippen molar-refractivity contribution in [1.82, 2.24) is 23.8 Å². The number of carbonyl (C=O) groups excluding carboxylic acids is 3. The molecule has 4 aromatic rings. The second-order valence-corrected chi connectivity index (χ2v) is 12.3. The fraction of sp³-hybridized carbons (Fsp3) is 0.382. The predicted octanol–water partition coefficient (Wildman–Crippen LogP) is 3.76. The molecule has 0 atom stereocenters. The van der Waals surface area contributed by atoms with Crippen LogP contribution in [0.4, 0.5) is 17.2 Å². The molecule has 1 aromatic carbocycles. The first-order valence-corrected chi connectivity index (χ1v) is 15.8. The Hall–Kier alpha value is -5.13. The van der Waals surface area contributed by atoms with Gasteiger partial charge in [-0.2, -0.15) is 5.10 Å². The van der Waals surface area contributed by atoms with Crippen molar-refractivity contribution in [2.75, 3.05) is 23.3 Å². The lowest BCUT2D eigenvalue weighted by Crippen LogP contribution is -2.41. The second kappa shape index (κ2) is 11.7. The minimum absolute atomic E-state index is 0.00894. The number of esters is 1. The van der Waals surface area contributed by atoms with Gasteiger partial charge in [-0.25, -0.2) is 0 Å². The third kappa shape index (κ3) is 5.27. The van der Waals surface area contributed by atoms with E-state index in [1.807, 2.05) is 28.9 Å². The maximum atomic E-state index is 14.0. The first-order valence-electron chi connectivity index (χ1n) is 15.8. The number of carbonyl (C=O) groups is 3. The number of hydrogen-bond acceptors (Lipinski definition) is 7. The number of fused-ring (bicyclic) bond motifs is 4. The Balaban J connectivity index is 1.25. The molecule has 46 heavy (non-hydrogen) atoms. The van der Waals surface area contributed by atoms with Crippen LogP contribution >= 0.6 is 0 Å². The van der Waals surface area contributed by atoms with Gasteiger partial charge in [0.2, 0.25) is 5.91 Å². The quantitative estimate of drug-likeness (QED) is 0.325. The van der Waals surface area contributed by atoms with Crippen LogP contribution in [0.3, 0.4) is 0 Å². The van der Waals surface area contributed by atoms with Gasteiger partial charge in [0.25, 0.3) is 11.5 Å². The summed E-state index contributed by atoms with van der Waals surface area (Å²) in [6.45, 7) is 5.68. The molecular formula is C34H37N7O5. The molecule has 7 rings (SSSR count). The van der Waals surface area contributed by atoms with E-state index in [0.717, 1.165) is 36.9 Å². The zero-order valence-electron chi connectivity index (χ0n) is 26.3. The molecule has 3 aromatic heterocycles. The summed E-state index contributed by atoms with van der Waals surface area (Å²) < 4.78 is 11.1. The number of pyridine rings is 1. The van der Waals surface area contributed by atoms with Gasteiger partial charge in [-0.15, -0.1) is 0 Å². The highest BCUT2D eigenvalue weighted by molar-refractivity contribution is 6.07. The van der Waals surface area contributed by atoms with Crippen molar-refractivity contribution in [3.05, 3.63) is 81.2 Å². The van der Waals surface area contributed by atoms with Gasteiger partial charge in [-0.1, -0.05) is 12.1 Å². The molecule has 0 radical (unpaired) electrons. The number of hydrogen-bond donors (Lipinski definition) is 1. The zero-order valence-corrected chi connectivity index (χ0v) is 26.3. The molecule has 0 unspecified atom stereocenters. The second-order valence-electron chi connectivity index (χ2n) is 12.3. The molecule has 0 saturated heterocycles. The highest BCUT2D eigenvalue weighted by atomic mass is 16.5. The van der Waals surface area contributed by atoms with Gasteiger partial charge in [0.05, 0.1) is 24.5 Å². The summed E-state index contributed by atoms with van der Waals surface area (Å²) in [7, 11) is 1.68. The van der Waals surface area contributed by atoms with Crippen LogP contribution in [0.25, 0.3) is 11.1 Å². The normalized spacial score (nSPS) is 15.7. The maximum absolute atomic E-state index is 14.0. The monoisotopic (exact) mass is 623 g/mol. The van der Waals surface area contributed by atoms with Crippen molar-refractivity contribution >= 4 is 35.0 Å². The molecular weight excluding hydrogens is 586 g/mol. The van der Waals surface area contributed by atoms with Crippen molar-refractivity contribution in [3.8, 4) is 11.1 Å². The molecule has 0 spiro atoms. The van der Waals surface area contributed by atoms with Gasteiger partial charge < -0.3 is 29.0 Å². The van der Waals surface area contributed by atoms with Crippen LogP contribution in [-0.2, 0) is 60.5 Å². The Morgan fingerprint density at radius 1 is 1.00 bits per heavy atom. The Kier molecular flexibility index (Phi) is 7.50. The van der Waals surface area contributed by atoms with E-state index in [-0.39, 0.29) is 24.0 Å². The number of aryl methyl sites for hydroxylation is 2. The van der Waals surface area contributed by atoms with E-state index in [2.05, 4.69) is 21.0 Å². The lowest BCUT2D eigenvalue weighted by molar-refractivity contribution is -0.142. The SMILES string of the molecule is CC(=O)OCc1c(-c2cc(Nc3cc4n(n3)CCN(C(C)=O)C4)c(=O)n(C)c2)cccc1N1CCn2c(cc3c2CCCC3)C1=O. The maximum Gasteiger partial charge on any atom is 0.302 e. The van der Waals surface area contributed by atoms with E-state index in [1.54, 1.807) is 36.0 Å². The van der Waals surface area contributed by atoms with Crippen LogP contribution in [0.1, 0.15) is 59.7 Å². The van der Waals surface area contributed by atoms with Gasteiger partial charge in [-0.3, -0.25) is 23.9 Å². The van der Waals surface area contributed by atoms with E-state index in [4.69, 9.17) is 4.74 Å². The number of amides is 2. The first kappa shape index (κ1) is 29.6. The number of nitrogens with one attached hydrogen (secondary N) is 1. The summed E-state index contributed by atoms with van der Waals surface area (Å²) >= 11 is 0. The predicted molar refractivity (Wildman–Crippen MR) is 172 cm³/mol. The Bertz CT molecular complexity index is 1950. The van der Waals surface area contributed by atoms with Crippen LogP contribution in [0.15, 0.2) is 47.4 Å². The average Bonchev–Trinajstić information content (AvgIpc) is 3.63. The topological polar surface area (TPSA) is 124 Å². The molecule has 1 N–H and O–H groups in total. The zero-order chi connectivity index (χ0) is 32.1. The summed E-state index contributed by atoms with van der Waals surface area (Å²) in [6.07, 6.45) is 6.01. The Morgan fingerprint density at radius 2 is 1.83 bits per heavy atom. The van der Waals surface area contributed by atoms with Crippen molar-refractivity contribution in [2.45, 2.75) is 65.8 Å². The molecule has 2 aliphatic heterocycles. The molecule has 0 bridgehead atoms. The van der Waals surface area contributed by atoms with Gasteiger partial charge >= 0.3 is 5.97 Å². The number of benzene rings is 1. The van der Waals surface area contributed by atoms with Crippen molar-refractivity contribution in [2.24, 2.45) is 7.05 Å². The summed E-state index contributed by atoms with van der Waals surface area (Å²) in [5, 5.41) is 7.81. The third-order valence-corrected chi connectivity index (χ3v) is 9.28. The lowest BCUT2D eigenvalue weighted by atomic mass is 9.98. The number of rotatable bonds is 6. The first-order chi connectivity index (χ1) is 22.2. The highest BCUT2D eigenvalue weighted by Gasteiger charge is 2.32. The van der Waals surface area contributed by atoms with Crippen LogP contribution < -0.4 is 15.8 Å². The van der Waals surface area contributed by atoms with Crippen LogP contribution in [-0.4, -0.2) is 54.7 Å². The minimum Gasteiger partial charge on any atom is -0.461 e. The fourth-order valence-electron chi connectivity index (χ4n) is 6.97. The van der Waals surface area contributed by atoms with Gasteiger partial charge in [0.15, 0.2) is 5.82 Å². The van der Waals surface area contributed by atoms with Crippen molar-refractivity contribution in [1.29, 1.82) is 0 Å². The summed E-state index contributed by atoms with van der Waals surface area (Å²) in [6, 6.07) is 11.3. The molecule has 2 amide bonds. The van der Waals surface area contributed by atoms with E-state index >= 15 is 0 Å². The fourth-order valence-corrected chi connectivity index (χ4v) is 6.97. The molecule has 12 heteroatoms. The van der Waals surface area contributed by atoms with Crippen molar-refractivity contribution in [3.63, 3.8) is 0 Å². The van der Waals surface area contributed by atoms with E-state index in [9.17, 15) is 19.2 Å². The van der Waals surface area contributed by atoms with Crippen molar-refractivity contribution < 1.29 is 19.1 Å². The summed E-state index contributed by atoms with van der Waals surface area (Å²) in [4.78, 5) is 54.7. The highest BCUT2D eigenvalue weighted by Crippen LogP contribution is 2.36. The van der Waals surface area contributed by atoms with Crippen LogP contribution in [0.2, 0.25) is 0 Å². The number of ether oxygens (including phenoxy) is 1. The molecule has 0 saturated carbocycles. The molecule has 12 nitrogen and oxygen atoms in total. The summed E-state index contributed by atoms with van der Waals surface area (Å²) in [5.74, 6) is 0.0155. The summed E-state index contributed by atoms with van der Waals surface area (Å²) in [5.41, 5.74) is 7.02. The van der Waals surface area contributed by atoms with E-state index in [0.29, 0.717) is 66.7 Å². The lowest BCUT2D eigenvalue weighted by Gasteiger charge is -2.32. The van der Waals surface area contributed by atoms with Crippen LogP contribution in [0.5, 0.6) is 0 Å². The van der Waals surface area contributed by atoms with Gasteiger partial charge in [0.1, 0.15) is 18.0 Å². The largest absolute Gasteiger partial charge is 0.461 e. The smallest absolute Gasteiger partial charge is 0.302 e. The molecule has 3 aliphatic rings. The molecule has 238 valence electrons.